The molecular weight excluding hydrogens is 349 g/mol. The fourth-order valence-corrected chi connectivity index (χ4v) is 6.18. The largest absolute Gasteiger partial charge is 0.335 e. The van der Waals surface area contributed by atoms with Crippen LogP contribution < -0.4 is 0 Å². The molecule has 1 heterocycles. The van der Waals surface area contributed by atoms with Gasteiger partial charge in [0.2, 0.25) is 5.91 Å². The van der Waals surface area contributed by atoms with Crippen molar-refractivity contribution in [3.05, 3.63) is 30.1 Å². The molecule has 7 heteroatoms. The summed E-state index contributed by atoms with van der Waals surface area (Å²) in [6.45, 7) is 0. The minimum Gasteiger partial charge on any atom is -0.335 e. The third-order valence-electron chi connectivity index (χ3n) is 4.80. The number of carbonyl (C=O) groups excluding carboxylic acids is 1. The van der Waals surface area contributed by atoms with Gasteiger partial charge in [0.1, 0.15) is 5.82 Å². The van der Waals surface area contributed by atoms with Crippen molar-refractivity contribution >= 4 is 27.5 Å². The first-order valence-corrected chi connectivity index (χ1v) is 11.2. The number of nitrogens with zero attached hydrogens (tertiary/aromatic N) is 1. The number of hydrogen-bond donors (Lipinski definition) is 0. The van der Waals surface area contributed by atoms with E-state index in [1.807, 2.05) is 4.90 Å². The lowest BCUT2D eigenvalue weighted by Gasteiger charge is -2.34. The van der Waals surface area contributed by atoms with Gasteiger partial charge >= 0.3 is 0 Å². The molecule has 3 rings (SSSR count). The third kappa shape index (κ3) is 4.11. The summed E-state index contributed by atoms with van der Waals surface area (Å²) in [5, 5.41) is 0. The fraction of sp³-hybridized carbons (Fsp3) is 0.588. The van der Waals surface area contributed by atoms with Gasteiger partial charge in [0.15, 0.2) is 9.84 Å². The summed E-state index contributed by atoms with van der Waals surface area (Å²) in [7, 11) is -3.04. The van der Waals surface area contributed by atoms with Crippen molar-refractivity contribution in [1.82, 2.24) is 4.90 Å². The van der Waals surface area contributed by atoms with Crippen LogP contribution in [0, 0.1) is 5.82 Å². The van der Waals surface area contributed by atoms with Crippen molar-refractivity contribution in [3.8, 4) is 0 Å². The van der Waals surface area contributed by atoms with Crippen LogP contribution in [0.4, 0.5) is 4.39 Å². The molecule has 1 aromatic carbocycles. The molecule has 0 N–H and O–H groups in total. The van der Waals surface area contributed by atoms with Crippen LogP contribution in [0.3, 0.4) is 0 Å². The number of amides is 1. The molecular formula is C17H22FNO3S2. The number of carbonyl (C=O) groups is 1. The van der Waals surface area contributed by atoms with Gasteiger partial charge in [0.05, 0.1) is 17.3 Å². The van der Waals surface area contributed by atoms with E-state index in [1.54, 1.807) is 18.2 Å². The molecule has 1 aliphatic carbocycles. The molecule has 132 valence electrons. The maximum atomic E-state index is 13.7. The van der Waals surface area contributed by atoms with Crippen LogP contribution in [0.25, 0.3) is 0 Å². The van der Waals surface area contributed by atoms with Gasteiger partial charge in [0.25, 0.3) is 0 Å². The van der Waals surface area contributed by atoms with Crippen LogP contribution in [0.15, 0.2) is 29.2 Å². The highest BCUT2D eigenvalue weighted by molar-refractivity contribution is 8.00. The van der Waals surface area contributed by atoms with Gasteiger partial charge < -0.3 is 4.90 Å². The fourth-order valence-electron chi connectivity index (χ4n) is 3.66. The topological polar surface area (TPSA) is 54.5 Å². The normalized spacial score (nSPS) is 23.5. The van der Waals surface area contributed by atoms with E-state index >= 15 is 0 Å². The highest BCUT2D eigenvalue weighted by Gasteiger charge is 2.38. The molecule has 1 unspecified atom stereocenters. The summed E-state index contributed by atoms with van der Waals surface area (Å²) in [4.78, 5) is 15.1. The zero-order valence-corrected chi connectivity index (χ0v) is 15.1. The molecule has 2 aliphatic rings. The average molecular weight is 371 g/mol. The number of benzene rings is 1. The molecule has 1 amide bonds. The van der Waals surface area contributed by atoms with Gasteiger partial charge in [-0.15, -0.1) is 11.8 Å². The van der Waals surface area contributed by atoms with Crippen molar-refractivity contribution in [3.63, 3.8) is 0 Å². The second-order valence-electron chi connectivity index (χ2n) is 6.52. The van der Waals surface area contributed by atoms with Crippen LogP contribution in [0.5, 0.6) is 0 Å². The lowest BCUT2D eigenvalue weighted by Crippen LogP contribution is -2.47. The van der Waals surface area contributed by atoms with Gasteiger partial charge in [-0.05, 0) is 31.4 Å². The molecule has 1 aromatic rings. The van der Waals surface area contributed by atoms with Crippen LogP contribution in [0.2, 0.25) is 0 Å². The Balaban J connectivity index is 1.70. The SMILES string of the molecule is O=C(CSc1ccccc1F)N(C1CCCC1)C1CCS(=O)(=O)C1. The average Bonchev–Trinajstić information content (AvgIpc) is 3.17. The van der Waals surface area contributed by atoms with Crippen LogP contribution >= 0.6 is 11.8 Å². The summed E-state index contributed by atoms with van der Waals surface area (Å²) in [5.41, 5.74) is 0. The Kier molecular flexibility index (Phi) is 5.49. The Morgan fingerprint density at radius 1 is 1.17 bits per heavy atom. The minimum absolute atomic E-state index is 0.0691. The minimum atomic E-state index is -3.04. The summed E-state index contributed by atoms with van der Waals surface area (Å²) in [6, 6.07) is 6.32. The van der Waals surface area contributed by atoms with E-state index in [0.29, 0.717) is 11.3 Å². The lowest BCUT2D eigenvalue weighted by atomic mass is 10.1. The van der Waals surface area contributed by atoms with E-state index < -0.39 is 9.84 Å². The molecule has 1 saturated heterocycles. The highest BCUT2D eigenvalue weighted by atomic mass is 32.2. The third-order valence-corrected chi connectivity index (χ3v) is 7.58. The highest BCUT2D eigenvalue weighted by Crippen LogP contribution is 2.30. The number of rotatable bonds is 5. The second-order valence-corrected chi connectivity index (χ2v) is 9.76. The predicted molar refractivity (Wildman–Crippen MR) is 93.3 cm³/mol. The predicted octanol–water partition coefficient (Wildman–Crippen LogP) is 2.88. The maximum Gasteiger partial charge on any atom is 0.233 e. The smallest absolute Gasteiger partial charge is 0.233 e. The molecule has 4 nitrogen and oxygen atoms in total. The van der Waals surface area contributed by atoms with Crippen molar-refractivity contribution in [2.45, 2.75) is 49.1 Å². The van der Waals surface area contributed by atoms with Crippen LogP contribution in [-0.4, -0.2) is 48.6 Å². The number of halogens is 1. The second kappa shape index (κ2) is 7.44. The van der Waals surface area contributed by atoms with E-state index in [-0.39, 0.29) is 41.1 Å². The van der Waals surface area contributed by atoms with Crippen molar-refractivity contribution in [1.29, 1.82) is 0 Å². The quantitative estimate of drug-likeness (QED) is 0.747. The zero-order chi connectivity index (χ0) is 17.2. The summed E-state index contributed by atoms with van der Waals surface area (Å²) >= 11 is 1.19. The van der Waals surface area contributed by atoms with Crippen molar-refractivity contribution in [2.24, 2.45) is 0 Å². The molecule has 2 fully saturated rings. The van der Waals surface area contributed by atoms with Gasteiger partial charge in [-0.1, -0.05) is 25.0 Å². The van der Waals surface area contributed by atoms with Gasteiger partial charge in [-0.3, -0.25) is 4.79 Å². The van der Waals surface area contributed by atoms with Gasteiger partial charge in [-0.2, -0.15) is 0 Å². The first-order valence-electron chi connectivity index (χ1n) is 8.35. The van der Waals surface area contributed by atoms with E-state index in [1.165, 1.54) is 17.8 Å². The molecule has 0 spiro atoms. The number of sulfone groups is 1. The van der Waals surface area contributed by atoms with E-state index in [2.05, 4.69) is 0 Å². The Bertz CT molecular complexity index is 702. The first kappa shape index (κ1) is 17.7. The van der Waals surface area contributed by atoms with E-state index in [9.17, 15) is 17.6 Å². The Hall–Kier alpha value is -1.08. The van der Waals surface area contributed by atoms with Crippen molar-refractivity contribution in [2.75, 3.05) is 17.3 Å². The maximum absolute atomic E-state index is 13.7. The summed E-state index contributed by atoms with van der Waals surface area (Å²) < 4.78 is 37.3. The number of thioether (sulfide) groups is 1. The monoisotopic (exact) mass is 371 g/mol. The Labute approximate surface area is 146 Å². The van der Waals surface area contributed by atoms with Crippen LogP contribution in [-0.2, 0) is 14.6 Å². The van der Waals surface area contributed by atoms with E-state index in [4.69, 9.17) is 0 Å². The lowest BCUT2D eigenvalue weighted by molar-refractivity contribution is -0.132. The summed E-state index contributed by atoms with van der Waals surface area (Å²) in [5.74, 6) is -0.0224. The first-order chi connectivity index (χ1) is 11.5. The Morgan fingerprint density at radius 3 is 2.50 bits per heavy atom. The molecule has 1 atom stereocenters. The molecule has 0 radical (unpaired) electrons. The number of hydrogen-bond acceptors (Lipinski definition) is 4. The Morgan fingerprint density at radius 2 is 1.88 bits per heavy atom. The van der Waals surface area contributed by atoms with Crippen molar-refractivity contribution < 1.29 is 17.6 Å². The standard InChI is InChI=1S/C17H22FNO3S2/c18-15-7-3-4-8-16(15)23-11-17(20)19(13-5-1-2-6-13)14-9-10-24(21,22)12-14/h3-4,7-8,13-14H,1-2,5-6,9-12H2. The molecule has 0 aromatic heterocycles. The van der Waals surface area contributed by atoms with Crippen LogP contribution in [0.1, 0.15) is 32.1 Å². The molecule has 1 aliphatic heterocycles. The molecule has 1 saturated carbocycles. The summed E-state index contributed by atoms with van der Waals surface area (Å²) in [6.07, 6.45) is 4.55. The zero-order valence-electron chi connectivity index (χ0n) is 13.5. The van der Waals surface area contributed by atoms with Gasteiger partial charge in [0, 0.05) is 17.0 Å². The van der Waals surface area contributed by atoms with Gasteiger partial charge in [-0.25, -0.2) is 12.8 Å². The molecule has 0 bridgehead atoms. The van der Waals surface area contributed by atoms with E-state index in [0.717, 1.165) is 25.7 Å². The molecule has 24 heavy (non-hydrogen) atoms.